The van der Waals surface area contributed by atoms with Gasteiger partial charge in [0.2, 0.25) is 5.91 Å². The lowest BCUT2D eigenvalue weighted by Crippen LogP contribution is -2.55. The fourth-order valence-corrected chi connectivity index (χ4v) is 4.47. The molecule has 0 saturated heterocycles. The fourth-order valence-electron chi connectivity index (χ4n) is 4.47. The Morgan fingerprint density at radius 3 is 2.61 bits per heavy atom. The maximum absolute atomic E-state index is 13.6. The molecule has 2 amide bonds. The average Bonchev–Trinajstić information content (AvgIpc) is 3.13. The largest absolute Gasteiger partial charge is 0.339 e. The molecule has 0 spiro atoms. The maximum Gasteiger partial charge on any atom is 0.251 e. The maximum atomic E-state index is 13.6. The third kappa shape index (κ3) is 3.90. The van der Waals surface area contributed by atoms with Crippen LogP contribution in [-0.4, -0.2) is 41.6 Å². The minimum absolute atomic E-state index is 0.152. The fraction of sp³-hybridized carbons (Fsp3) is 0.320. The Kier molecular flexibility index (Phi) is 5.72. The van der Waals surface area contributed by atoms with Gasteiger partial charge in [-0.15, -0.1) is 0 Å². The molecule has 0 aromatic heterocycles. The third-order valence-electron chi connectivity index (χ3n) is 5.91. The van der Waals surface area contributed by atoms with E-state index in [1.54, 1.807) is 29.2 Å². The zero-order valence-corrected chi connectivity index (χ0v) is 18.0. The summed E-state index contributed by atoms with van der Waals surface area (Å²) in [6.45, 7) is 6.87. The lowest BCUT2D eigenvalue weighted by atomic mass is 9.78. The molecule has 0 saturated carbocycles. The van der Waals surface area contributed by atoms with Crippen LogP contribution in [0.25, 0.3) is 0 Å². The molecule has 2 aromatic rings. The molecule has 2 aromatic carbocycles. The number of carbonyl (C=O) groups excluding carboxylic acids is 2. The van der Waals surface area contributed by atoms with E-state index in [0.717, 1.165) is 34.5 Å². The predicted molar refractivity (Wildman–Crippen MR) is 119 cm³/mol. The molecule has 5 nitrogen and oxygen atoms in total. The molecule has 0 aliphatic carbocycles. The van der Waals surface area contributed by atoms with Gasteiger partial charge in [0.1, 0.15) is 11.9 Å². The van der Waals surface area contributed by atoms with Crippen LogP contribution in [0.15, 0.2) is 64.8 Å². The van der Waals surface area contributed by atoms with Gasteiger partial charge in [0, 0.05) is 35.0 Å². The Bertz CT molecular complexity index is 1090. The van der Waals surface area contributed by atoms with Crippen molar-refractivity contribution in [2.75, 3.05) is 13.1 Å². The molecule has 0 radical (unpaired) electrons. The number of aliphatic imine (C=N–C) groups is 1. The summed E-state index contributed by atoms with van der Waals surface area (Å²) >= 11 is 0. The number of hydrogen-bond acceptors (Lipinski definition) is 3. The van der Waals surface area contributed by atoms with Crippen LogP contribution in [0, 0.1) is 12.7 Å². The summed E-state index contributed by atoms with van der Waals surface area (Å²) in [6, 6.07) is 12.6. The number of benzene rings is 2. The van der Waals surface area contributed by atoms with E-state index in [-0.39, 0.29) is 17.6 Å². The summed E-state index contributed by atoms with van der Waals surface area (Å²) in [5.74, 6) is -1.22. The van der Waals surface area contributed by atoms with Crippen molar-refractivity contribution in [2.24, 2.45) is 4.99 Å². The van der Waals surface area contributed by atoms with Gasteiger partial charge in [0.15, 0.2) is 0 Å². The molecule has 0 bridgehead atoms. The Morgan fingerprint density at radius 2 is 1.94 bits per heavy atom. The molecule has 0 fully saturated rings. The van der Waals surface area contributed by atoms with Gasteiger partial charge in [-0.25, -0.2) is 4.39 Å². The van der Waals surface area contributed by atoms with E-state index >= 15 is 0 Å². The van der Waals surface area contributed by atoms with Crippen LogP contribution in [0.3, 0.4) is 0 Å². The van der Waals surface area contributed by atoms with Crippen molar-refractivity contribution in [2.45, 2.75) is 39.2 Å². The molecule has 2 heterocycles. The highest BCUT2D eigenvalue weighted by Gasteiger charge is 2.45. The van der Waals surface area contributed by atoms with Gasteiger partial charge in [0.05, 0.1) is 6.54 Å². The summed E-state index contributed by atoms with van der Waals surface area (Å²) in [6.07, 6.45) is 0.793. The molecule has 0 unspecified atom stereocenters. The van der Waals surface area contributed by atoms with Crippen LogP contribution in [0.5, 0.6) is 0 Å². The number of aryl methyl sites for hydroxylation is 1. The zero-order valence-electron chi connectivity index (χ0n) is 18.0. The lowest BCUT2D eigenvalue weighted by molar-refractivity contribution is -0.132. The van der Waals surface area contributed by atoms with Gasteiger partial charge < -0.3 is 10.2 Å². The Hall–Kier alpha value is -3.28. The second-order valence-corrected chi connectivity index (χ2v) is 8.10. The van der Waals surface area contributed by atoms with Crippen molar-refractivity contribution in [1.82, 2.24) is 10.2 Å². The summed E-state index contributed by atoms with van der Waals surface area (Å²) in [5.41, 5.74) is 4.95. The molecule has 160 valence electrons. The normalized spacial score (nSPS) is 20.6. The van der Waals surface area contributed by atoms with Crippen LogP contribution in [0.2, 0.25) is 0 Å². The van der Waals surface area contributed by atoms with Gasteiger partial charge in [-0.05, 0) is 50.1 Å². The van der Waals surface area contributed by atoms with E-state index in [0.29, 0.717) is 18.7 Å². The van der Waals surface area contributed by atoms with Crippen molar-refractivity contribution in [3.05, 3.63) is 82.3 Å². The molecule has 2 aliphatic heterocycles. The SMILES string of the molecule is CCCN1C(=O)[C@@H](NC(=O)c2cccc(C)c2)[C@@H](c2ccc(F)cc2)C2=C1CN=C2C. The average molecular weight is 420 g/mol. The monoisotopic (exact) mass is 419 g/mol. The minimum atomic E-state index is -0.799. The summed E-state index contributed by atoms with van der Waals surface area (Å²) in [5, 5.41) is 2.98. The predicted octanol–water partition coefficient (Wildman–Crippen LogP) is 4.00. The summed E-state index contributed by atoms with van der Waals surface area (Å²) in [7, 11) is 0. The Labute approximate surface area is 181 Å². The number of hydrogen-bond donors (Lipinski definition) is 1. The number of halogens is 1. The first kappa shape index (κ1) is 21.0. The molecule has 31 heavy (non-hydrogen) atoms. The molecule has 1 N–H and O–H groups in total. The van der Waals surface area contributed by atoms with Gasteiger partial charge in [0.25, 0.3) is 5.91 Å². The summed E-state index contributed by atoms with van der Waals surface area (Å²) < 4.78 is 13.6. The zero-order chi connectivity index (χ0) is 22.1. The minimum Gasteiger partial charge on any atom is -0.339 e. The van der Waals surface area contributed by atoms with Gasteiger partial charge in [-0.2, -0.15) is 0 Å². The number of rotatable bonds is 5. The molecule has 6 heteroatoms. The smallest absolute Gasteiger partial charge is 0.251 e. The first-order chi connectivity index (χ1) is 14.9. The first-order valence-electron chi connectivity index (χ1n) is 10.6. The van der Waals surface area contributed by atoms with Crippen LogP contribution in [-0.2, 0) is 4.79 Å². The standard InChI is InChI=1S/C25H26FN3O2/c1-4-12-29-20-14-27-16(3)21(20)22(17-8-10-19(26)11-9-17)23(25(29)31)28-24(30)18-7-5-6-15(2)13-18/h5-11,13,22-23H,4,12,14H2,1-3H3,(H,28,30)/t22-,23-/m0/s1. The van der Waals surface area contributed by atoms with E-state index in [4.69, 9.17) is 0 Å². The third-order valence-corrected chi connectivity index (χ3v) is 5.91. The van der Waals surface area contributed by atoms with Gasteiger partial charge >= 0.3 is 0 Å². The quantitative estimate of drug-likeness (QED) is 0.796. The van der Waals surface area contributed by atoms with Crippen molar-refractivity contribution in [3.8, 4) is 0 Å². The Balaban J connectivity index is 1.79. The highest BCUT2D eigenvalue weighted by atomic mass is 19.1. The van der Waals surface area contributed by atoms with Crippen LogP contribution >= 0.6 is 0 Å². The van der Waals surface area contributed by atoms with Crippen LogP contribution < -0.4 is 5.32 Å². The molecule has 2 aliphatic rings. The molecule has 2 atom stereocenters. The molecular weight excluding hydrogens is 393 g/mol. The van der Waals surface area contributed by atoms with Crippen LogP contribution in [0.1, 0.15) is 47.7 Å². The van der Waals surface area contributed by atoms with E-state index < -0.39 is 12.0 Å². The highest BCUT2D eigenvalue weighted by Crippen LogP contribution is 2.40. The van der Waals surface area contributed by atoms with E-state index in [2.05, 4.69) is 10.3 Å². The van der Waals surface area contributed by atoms with E-state index in [1.807, 2.05) is 32.9 Å². The number of nitrogens with one attached hydrogen (secondary N) is 1. The number of carbonyl (C=O) groups is 2. The topological polar surface area (TPSA) is 61.8 Å². The van der Waals surface area contributed by atoms with E-state index in [9.17, 15) is 14.0 Å². The lowest BCUT2D eigenvalue weighted by Gasteiger charge is -2.39. The molecule has 4 rings (SSSR count). The summed E-state index contributed by atoms with van der Waals surface area (Å²) in [4.78, 5) is 33.0. The van der Waals surface area contributed by atoms with Crippen molar-refractivity contribution in [3.63, 3.8) is 0 Å². The Morgan fingerprint density at radius 1 is 1.19 bits per heavy atom. The highest BCUT2D eigenvalue weighted by molar-refractivity contribution is 6.07. The van der Waals surface area contributed by atoms with Crippen LogP contribution in [0.4, 0.5) is 4.39 Å². The van der Waals surface area contributed by atoms with Gasteiger partial charge in [-0.1, -0.05) is 36.8 Å². The van der Waals surface area contributed by atoms with Crippen molar-refractivity contribution < 1.29 is 14.0 Å². The second kappa shape index (κ2) is 8.46. The van der Waals surface area contributed by atoms with Gasteiger partial charge in [-0.3, -0.25) is 14.6 Å². The van der Waals surface area contributed by atoms with Crippen molar-refractivity contribution >= 4 is 17.5 Å². The number of nitrogens with zero attached hydrogens (tertiary/aromatic N) is 2. The van der Waals surface area contributed by atoms with E-state index in [1.165, 1.54) is 12.1 Å². The second-order valence-electron chi connectivity index (χ2n) is 8.10. The molecular formula is C25H26FN3O2. The van der Waals surface area contributed by atoms with Crippen molar-refractivity contribution in [1.29, 1.82) is 0 Å². The number of amides is 2. The first-order valence-corrected chi connectivity index (χ1v) is 10.6.